The maximum atomic E-state index is 12.1. The number of hydrogen-bond acceptors (Lipinski definition) is 4. The summed E-state index contributed by atoms with van der Waals surface area (Å²) in [4.78, 5) is 24.5. The first-order chi connectivity index (χ1) is 7.75. The van der Waals surface area contributed by atoms with Gasteiger partial charge >= 0.3 is 5.97 Å². The molecule has 1 aliphatic heterocycles. The maximum Gasteiger partial charge on any atom is 0.328 e. The standard InChI is InChI=1S/C11H20N2O4/c1-11(2,3)8(12)9(14)13-4-5-17-6-7(13)10(15)16/h7-8H,4-6,12H2,1-3H3,(H,15,16)/t7?,8-/m0/s1. The Morgan fingerprint density at radius 2 is 2.06 bits per heavy atom. The molecule has 1 saturated heterocycles. The zero-order valence-corrected chi connectivity index (χ0v) is 10.5. The minimum absolute atomic E-state index is 0.0257. The molecule has 2 atom stereocenters. The summed E-state index contributed by atoms with van der Waals surface area (Å²) >= 11 is 0. The van der Waals surface area contributed by atoms with Crippen molar-refractivity contribution in [2.75, 3.05) is 19.8 Å². The quantitative estimate of drug-likeness (QED) is 0.694. The second kappa shape index (κ2) is 5.01. The summed E-state index contributed by atoms with van der Waals surface area (Å²) in [6.45, 7) is 6.22. The Morgan fingerprint density at radius 3 is 2.53 bits per heavy atom. The van der Waals surface area contributed by atoms with E-state index in [9.17, 15) is 9.59 Å². The molecule has 17 heavy (non-hydrogen) atoms. The van der Waals surface area contributed by atoms with Crippen LogP contribution in [-0.4, -0.2) is 53.7 Å². The van der Waals surface area contributed by atoms with Crippen molar-refractivity contribution in [3.05, 3.63) is 0 Å². The number of nitrogens with two attached hydrogens (primary N) is 1. The number of amides is 1. The fraction of sp³-hybridized carbons (Fsp3) is 0.818. The molecule has 1 fully saturated rings. The average Bonchev–Trinajstić information content (AvgIpc) is 2.25. The van der Waals surface area contributed by atoms with Crippen LogP contribution in [0.25, 0.3) is 0 Å². The number of carboxylic acids is 1. The molecule has 0 aliphatic carbocycles. The number of morpholine rings is 1. The fourth-order valence-electron chi connectivity index (χ4n) is 1.62. The molecule has 0 aromatic carbocycles. The third kappa shape index (κ3) is 3.17. The van der Waals surface area contributed by atoms with Gasteiger partial charge in [-0.25, -0.2) is 4.79 Å². The summed E-state index contributed by atoms with van der Waals surface area (Å²) in [5.74, 6) is -1.38. The maximum absolute atomic E-state index is 12.1. The van der Waals surface area contributed by atoms with Gasteiger partial charge in [0, 0.05) is 6.54 Å². The fourth-order valence-corrected chi connectivity index (χ4v) is 1.62. The molecule has 1 aliphatic rings. The number of aliphatic carboxylic acids is 1. The van der Waals surface area contributed by atoms with Gasteiger partial charge in [-0.05, 0) is 5.41 Å². The lowest BCUT2D eigenvalue weighted by Gasteiger charge is -2.37. The smallest absolute Gasteiger partial charge is 0.328 e. The SMILES string of the molecule is CC(C)(C)[C@@H](N)C(=O)N1CCOCC1C(=O)O. The molecule has 6 nitrogen and oxygen atoms in total. The van der Waals surface area contributed by atoms with Crippen LogP contribution in [0.2, 0.25) is 0 Å². The second-order valence-corrected chi connectivity index (χ2v) is 5.30. The molecule has 0 aromatic heterocycles. The molecular formula is C11H20N2O4. The Kier molecular flexibility index (Phi) is 4.11. The van der Waals surface area contributed by atoms with E-state index >= 15 is 0 Å². The number of rotatable bonds is 2. The third-order valence-electron chi connectivity index (χ3n) is 2.90. The van der Waals surface area contributed by atoms with E-state index in [1.54, 1.807) is 0 Å². The molecule has 1 unspecified atom stereocenters. The predicted molar refractivity (Wildman–Crippen MR) is 61.4 cm³/mol. The van der Waals surface area contributed by atoms with Crippen molar-refractivity contribution in [3.8, 4) is 0 Å². The molecule has 1 rings (SSSR count). The van der Waals surface area contributed by atoms with Gasteiger partial charge in [-0.2, -0.15) is 0 Å². The van der Waals surface area contributed by atoms with Gasteiger partial charge in [0.25, 0.3) is 0 Å². The monoisotopic (exact) mass is 244 g/mol. The number of hydrogen-bond donors (Lipinski definition) is 2. The number of nitrogens with zero attached hydrogens (tertiary/aromatic N) is 1. The van der Waals surface area contributed by atoms with E-state index in [0.29, 0.717) is 6.61 Å². The van der Waals surface area contributed by atoms with E-state index in [2.05, 4.69) is 0 Å². The zero-order valence-electron chi connectivity index (χ0n) is 10.5. The van der Waals surface area contributed by atoms with Crippen LogP contribution in [0.1, 0.15) is 20.8 Å². The first kappa shape index (κ1) is 13.9. The number of ether oxygens (including phenoxy) is 1. The van der Waals surface area contributed by atoms with Crippen molar-refractivity contribution in [3.63, 3.8) is 0 Å². The summed E-state index contributed by atoms with van der Waals surface area (Å²) in [6.07, 6.45) is 0. The van der Waals surface area contributed by atoms with E-state index < -0.39 is 23.5 Å². The Hall–Kier alpha value is -1.14. The van der Waals surface area contributed by atoms with Gasteiger partial charge in [0.05, 0.1) is 19.3 Å². The molecule has 0 radical (unpaired) electrons. The van der Waals surface area contributed by atoms with Gasteiger partial charge in [0.2, 0.25) is 5.91 Å². The van der Waals surface area contributed by atoms with E-state index in [1.165, 1.54) is 4.90 Å². The molecular weight excluding hydrogens is 224 g/mol. The molecule has 0 bridgehead atoms. The number of carbonyl (C=O) groups is 2. The van der Waals surface area contributed by atoms with Crippen molar-refractivity contribution >= 4 is 11.9 Å². The Bertz CT molecular complexity index is 311. The van der Waals surface area contributed by atoms with Crippen LogP contribution in [0, 0.1) is 5.41 Å². The van der Waals surface area contributed by atoms with Gasteiger partial charge in [-0.3, -0.25) is 4.79 Å². The summed E-state index contributed by atoms with van der Waals surface area (Å²) in [7, 11) is 0. The van der Waals surface area contributed by atoms with Crippen LogP contribution < -0.4 is 5.73 Å². The lowest BCUT2D eigenvalue weighted by molar-refractivity contribution is -0.160. The van der Waals surface area contributed by atoms with Gasteiger partial charge in [-0.15, -0.1) is 0 Å². The van der Waals surface area contributed by atoms with Crippen molar-refractivity contribution in [2.24, 2.45) is 11.1 Å². The largest absolute Gasteiger partial charge is 0.480 e. The van der Waals surface area contributed by atoms with E-state index in [0.717, 1.165) is 0 Å². The predicted octanol–water partition coefficient (Wildman–Crippen LogP) is -0.328. The molecule has 3 N–H and O–H groups in total. The minimum atomic E-state index is -1.06. The van der Waals surface area contributed by atoms with Crippen LogP contribution >= 0.6 is 0 Å². The Morgan fingerprint density at radius 1 is 1.47 bits per heavy atom. The summed E-state index contributed by atoms with van der Waals surface area (Å²) in [5, 5.41) is 9.03. The molecule has 0 saturated carbocycles. The third-order valence-corrected chi connectivity index (χ3v) is 2.90. The molecule has 1 amide bonds. The van der Waals surface area contributed by atoms with Crippen LogP contribution in [-0.2, 0) is 14.3 Å². The molecule has 6 heteroatoms. The zero-order chi connectivity index (χ0) is 13.2. The molecule has 98 valence electrons. The van der Waals surface area contributed by atoms with Crippen LogP contribution in [0.5, 0.6) is 0 Å². The van der Waals surface area contributed by atoms with Gasteiger partial charge in [0.1, 0.15) is 0 Å². The first-order valence-corrected chi connectivity index (χ1v) is 5.61. The summed E-state index contributed by atoms with van der Waals surface area (Å²) in [5.41, 5.74) is 5.47. The lowest BCUT2D eigenvalue weighted by Crippen LogP contribution is -2.59. The van der Waals surface area contributed by atoms with E-state index in [-0.39, 0.29) is 19.1 Å². The van der Waals surface area contributed by atoms with Gasteiger partial charge in [0.15, 0.2) is 6.04 Å². The van der Waals surface area contributed by atoms with E-state index in [4.69, 9.17) is 15.6 Å². The minimum Gasteiger partial charge on any atom is -0.480 e. The Labute approximate surface area is 101 Å². The van der Waals surface area contributed by atoms with Gasteiger partial charge in [-0.1, -0.05) is 20.8 Å². The lowest BCUT2D eigenvalue weighted by atomic mass is 9.86. The Balaban J connectivity index is 2.82. The highest BCUT2D eigenvalue weighted by molar-refractivity contribution is 5.87. The number of carboxylic acid groups (broad SMARTS) is 1. The highest BCUT2D eigenvalue weighted by atomic mass is 16.5. The topological polar surface area (TPSA) is 92.9 Å². The normalized spacial score (nSPS) is 23.3. The van der Waals surface area contributed by atoms with Crippen LogP contribution in [0.4, 0.5) is 0 Å². The second-order valence-electron chi connectivity index (χ2n) is 5.30. The highest BCUT2D eigenvalue weighted by Gasteiger charge is 2.38. The summed E-state index contributed by atoms with van der Waals surface area (Å²) < 4.78 is 5.07. The first-order valence-electron chi connectivity index (χ1n) is 5.61. The van der Waals surface area contributed by atoms with Crippen LogP contribution in [0.3, 0.4) is 0 Å². The van der Waals surface area contributed by atoms with Crippen LogP contribution in [0.15, 0.2) is 0 Å². The van der Waals surface area contributed by atoms with Crippen molar-refractivity contribution < 1.29 is 19.4 Å². The number of carbonyl (C=O) groups excluding carboxylic acids is 1. The molecule has 0 spiro atoms. The van der Waals surface area contributed by atoms with Crippen molar-refractivity contribution in [1.82, 2.24) is 4.90 Å². The van der Waals surface area contributed by atoms with Gasteiger partial charge < -0.3 is 20.5 Å². The molecule has 0 aromatic rings. The summed E-state index contributed by atoms with van der Waals surface area (Å²) in [6, 6.07) is -1.63. The van der Waals surface area contributed by atoms with E-state index in [1.807, 2.05) is 20.8 Å². The highest BCUT2D eigenvalue weighted by Crippen LogP contribution is 2.21. The van der Waals surface area contributed by atoms with Crippen molar-refractivity contribution in [1.29, 1.82) is 0 Å². The average molecular weight is 244 g/mol. The molecule has 1 heterocycles. The van der Waals surface area contributed by atoms with Crippen molar-refractivity contribution in [2.45, 2.75) is 32.9 Å².